The summed E-state index contributed by atoms with van der Waals surface area (Å²) in [5, 5.41) is 2.84. The number of carbonyl (C=O) groups is 1. The molecular weight excluding hydrogens is 388 g/mol. The molecule has 1 unspecified atom stereocenters. The minimum atomic E-state index is 0.180. The summed E-state index contributed by atoms with van der Waals surface area (Å²) in [4.78, 5) is 19.3. The van der Waals surface area contributed by atoms with Crippen LogP contribution in [0.15, 0.2) is 23.6 Å². The summed E-state index contributed by atoms with van der Waals surface area (Å²) in [5.74, 6) is 2.30. The van der Waals surface area contributed by atoms with E-state index in [0.717, 1.165) is 17.1 Å². The molecular formula is C22H32N2O4S. The molecule has 0 saturated heterocycles. The largest absolute Gasteiger partial charge is 0.493 e. The van der Waals surface area contributed by atoms with Crippen LogP contribution in [0.4, 0.5) is 0 Å². The van der Waals surface area contributed by atoms with Crippen LogP contribution < -0.4 is 14.2 Å². The number of para-hydroxylation sites is 1. The van der Waals surface area contributed by atoms with Crippen LogP contribution in [0.3, 0.4) is 0 Å². The summed E-state index contributed by atoms with van der Waals surface area (Å²) in [6.45, 7) is 9.15. The predicted molar refractivity (Wildman–Crippen MR) is 116 cm³/mol. The minimum Gasteiger partial charge on any atom is -0.493 e. The fourth-order valence-electron chi connectivity index (χ4n) is 2.93. The Morgan fingerprint density at radius 3 is 2.38 bits per heavy atom. The van der Waals surface area contributed by atoms with Crippen molar-refractivity contribution in [3.63, 3.8) is 0 Å². The molecule has 0 bridgehead atoms. The highest BCUT2D eigenvalue weighted by atomic mass is 32.1. The zero-order valence-electron chi connectivity index (χ0n) is 18.2. The van der Waals surface area contributed by atoms with Gasteiger partial charge in [0.15, 0.2) is 11.5 Å². The molecule has 0 spiro atoms. The van der Waals surface area contributed by atoms with E-state index >= 15 is 0 Å². The maximum absolute atomic E-state index is 12.7. The van der Waals surface area contributed by atoms with Crippen LogP contribution in [0, 0.1) is 5.92 Å². The molecule has 0 aliphatic rings. The van der Waals surface area contributed by atoms with Crippen LogP contribution in [0.25, 0.3) is 0 Å². The molecule has 29 heavy (non-hydrogen) atoms. The monoisotopic (exact) mass is 420 g/mol. The number of hydrogen-bond acceptors (Lipinski definition) is 6. The Bertz CT molecular complexity index is 769. The van der Waals surface area contributed by atoms with Crippen LogP contribution in [0.2, 0.25) is 0 Å². The Balaban J connectivity index is 2.07. The highest BCUT2D eigenvalue weighted by molar-refractivity contribution is 7.09. The van der Waals surface area contributed by atoms with Crippen molar-refractivity contribution in [1.29, 1.82) is 0 Å². The molecule has 6 nitrogen and oxygen atoms in total. The zero-order valence-corrected chi connectivity index (χ0v) is 19.0. The summed E-state index contributed by atoms with van der Waals surface area (Å²) in [7, 11) is 3.20. The van der Waals surface area contributed by atoms with Crippen LogP contribution >= 0.6 is 11.3 Å². The summed E-state index contributed by atoms with van der Waals surface area (Å²) < 4.78 is 16.7. The van der Waals surface area contributed by atoms with Crippen molar-refractivity contribution < 1.29 is 19.0 Å². The predicted octanol–water partition coefficient (Wildman–Crippen LogP) is 4.91. The number of methoxy groups -OCH3 is 2. The molecule has 1 aromatic carbocycles. The van der Waals surface area contributed by atoms with Gasteiger partial charge < -0.3 is 19.1 Å². The molecule has 0 aliphatic heterocycles. The molecule has 7 heteroatoms. The summed E-state index contributed by atoms with van der Waals surface area (Å²) in [5.41, 5.74) is 0.887. The number of hydrogen-bond donors (Lipinski definition) is 0. The van der Waals surface area contributed by atoms with Crippen molar-refractivity contribution in [2.45, 2.75) is 59.7 Å². The third kappa shape index (κ3) is 6.35. The van der Waals surface area contributed by atoms with E-state index < -0.39 is 0 Å². The van der Waals surface area contributed by atoms with Gasteiger partial charge in [-0.05, 0) is 31.4 Å². The average Bonchev–Trinajstić information content (AvgIpc) is 3.16. The number of aromatic nitrogens is 1. The summed E-state index contributed by atoms with van der Waals surface area (Å²) in [6.07, 6.45) is 1.47. The number of thiazole rings is 1. The SMILES string of the molecule is CCC(C)N(Cc1csc(COc2c(OC)cccc2OC)n1)C(=O)CC(C)C. The van der Waals surface area contributed by atoms with Crippen LogP contribution in [-0.4, -0.2) is 36.1 Å². The molecule has 2 rings (SSSR count). The number of carbonyl (C=O) groups excluding carboxylic acids is 1. The standard InChI is InChI=1S/C22H32N2O4S/c1-7-16(4)24(21(25)11-15(2)3)12-17-14-29-20(23-17)13-28-22-18(26-5)9-8-10-19(22)27-6/h8-10,14-16H,7,11-13H2,1-6H3. The fraction of sp³-hybridized carbons (Fsp3) is 0.545. The van der Waals surface area contributed by atoms with Gasteiger partial charge in [0.25, 0.3) is 0 Å². The second-order valence-corrected chi connectivity index (χ2v) is 8.33. The van der Waals surface area contributed by atoms with Crippen molar-refractivity contribution >= 4 is 17.2 Å². The van der Waals surface area contributed by atoms with Gasteiger partial charge in [0, 0.05) is 17.8 Å². The third-order valence-corrected chi connectivity index (χ3v) is 5.55. The molecule has 1 heterocycles. The van der Waals surface area contributed by atoms with Crippen molar-refractivity contribution in [2.75, 3.05) is 14.2 Å². The first-order valence-corrected chi connectivity index (χ1v) is 10.8. The lowest BCUT2D eigenvalue weighted by Crippen LogP contribution is -2.38. The number of amides is 1. The fourth-order valence-corrected chi connectivity index (χ4v) is 3.63. The molecule has 0 saturated carbocycles. The van der Waals surface area contributed by atoms with Gasteiger partial charge in [-0.25, -0.2) is 4.98 Å². The summed E-state index contributed by atoms with van der Waals surface area (Å²) >= 11 is 1.53. The topological polar surface area (TPSA) is 60.9 Å². The first kappa shape index (κ1) is 23.0. The van der Waals surface area contributed by atoms with Crippen molar-refractivity contribution in [2.24, 2.45) is 5.92 Å². The van der Waals surface area contributed by atoms with Crippen molar-refractivity contribution in [1.82, 2.24) is 9.88 Å². The van der Waals surface area contributed by atoms with Gasteiger partial charge in [0.1, 0.15) is 11.6 Å². The molecule has 160 valence electrons. The third-order valence-electron chi connectivity index (χ3n) is 4.68. The highest BCUT2D eigenvalue weighted by Gasteiger charge is 2.21. The average molecular weight is 421 g/mol. The van der Waals surface area contributed by atoms with Crippen LogP contribution in [-0.2, 0) is 17.9 Å². The molecule has 0 aliphatic carbocycles. The molecule has 1 atom stereocenters. The quantitative estimate of drug-likeness (QED) is 0.517. The minimum absolute atomic E-state index is 0.180. The Kier molecular flexibility index (Phi) is 8.76. The number of ether oxygens (including phenoxy) is 3. The van der Waals surface area contributed by atoms with E-state index in [4.69, 9.17) is 14.2 Å². The van der Waals surface area contributed by atoms with Gasteiger partial charge in [-0.2, -0.15) is 0 Å². The van der Waals surface area contributed by atoms with Gasteiger partial charge >= 0.3 is 0 Å². The Morgan fingerprint density at radius 2 is 1.83 bits per heavy atom. The summed E-state index contributed by atoms with van der Waals surface area (Å²) in [6, 6.07) is 5.69. The second kappa shape index (κ2) is 11.0. The van der Waals surface area contributed by atoms with Crippen molar-refractivity contribution in [3.05, 3.63) is 34.3 Å². The first-order chi connectivity index (χ1) is 13.9. The van der Waals surface area contributed by atoms with Gasteiger partial charge in [0.2, 0.25) is 11.7 Å². The Morgan fingerprint density at radius 1 is 1.17 bits per heavy atom. The van der Waals surface area contributed by atoms with E-state index in [9.17, 15) is 4.79 Å². The molecule has 0 fully saturated rings. The van der Waals surface area contributed by atoms with E-state index in [-0.39, 0.29) is 11.9 Å². The van der Waals surface area contributed by atoms with Crippen LogP contribution in [0.1, 0.15) is 51.2 Å². The van der Waals surface area contributed by atoms with Gasteiger partial charge in [0.05, 0.1) is 26.5 Å². The zero-order chi connectivity index (χ0) is 21.4. The van der Waals surface area contributed by atoms with E-state index in [1.54, 1.807) is 14.2 Å². The van der Waals surface area contributed by atoms with E-state index in [0.29, 0.717) is 42.7 Å². The van der Waals surface area contributed by atoms with E-state index in [1.165, 1.54) is 11.3 Å². The highest BCUT2D eigenvalue weighted by Crippen LogP contribution is 2.37. The lowest BCUT2D eigenvalue weighted by atomic mass is 10.1. The normalized spacial score (nSPS) is 12.0. The van der Waals surface area contributed by atoms with Crippen LogP contribution in [0.5, 0.6) is 17.2 Å². The lowest BCUT2D eigenvalue weighted by Gasteiger charge is -2.28. The first-order valence-electron chi connectivity index (χ1n) is 9.96. The molecule has 2 aromatic rings. The van der Waals surface area contributed by atoms with E-state index in [2.05, 4.69) is 32.7 Å². The molecule has 0 N–H and O–H groups in total. The smallest absolute Gasteiger partial charge is 0.223 e. The molecule has 0 radical (unpaired) electrons. The number of benzene rings is 1. The lowest BCUT2D eigenvalue weighted by molar-refractivity contribution is -0.134. The Labute approximate surface area is 177 Å². The second-order valence-electron chi connectivity index (χ2n) is 7.39. The Hall–Kier alpha value is -2.28. The number of nitrogens with zero attached hydrogens (tertiary/aromatic N) is 2. The van der Waals surface area contributed by atoms with Gasteiger partial charge in [-0.3, -0.25) is 4.79 Å². The van der Waals surface area contributed by atoms with Gasteiger partial charge in [-0.15, -0.1) is 11.3 Å². The van der Waals surface area contributed by atoms with E-state index in [1.807, 2.05) is 28.5 Å². The molecule has 1 amide bonds. The number of rotatable bonds is 11. The maximum atomic E-state index is 12.7. The van der Waals surface area contributed by atoms with Crippen molar-refractivity contribution in [3.8, 4) is 17.2 Å². The maximum Gasteiger partial charge on any atom is 0.223 e. The van der Waals surface area contributed by atoms with Gasteiger partial charge in [-0.1, -0.05) is 26.8 Å². The molecule has 1 aromatic heterocycles.